The van der Waals surface area contributed by atoms with Crippen LogP contribution in [0.15, 0.2) is 84.9 Å². The normalized spacial score (nSPS) is 11.8. The van der Waals surface area contributed by atoms with Gasteiger partial charge in [0.05, 0.1) is 41.2 Å². The van der Waals surface area contributed by atoms with E-state index in [-0.39, 0.29) is 65.4 Å². The first kappa shape index (κ1) is 34.8. The van der Waals surface area contributed by atoms with Crippen LogP contribution in [-0.2, 0) is 0 Å². The van der Waals surface area contributed by atoms with Crippen molar-refractivity contribution in [2.75, 3.05) is 0 Å². The number of carboxylic acid groups (broad SMARTS) is 2. The van der Waals surface area contributed by atoms with Crippen molar-refractivity contribution in [1.82, 2.24) is 40.1 Å². The Morgan fingerprint density at radius 2 is 1.09 bits per heavy atom. The van der Waals surface area contributed by atoms with Crippen molar-refractivity contribution in [3.63, 3.8) is 0 Å². The summed E-state index contributed by atoms with van der Waals surface area (Å²) in [6.45, 7) is 0. The Labute approximate surface area is 337 Å². The number of rotatable bonds is 4. The van der Waals surface area contributed by atoms with Crippen molar-refractivity contribution < 1.29 is 29.3 Å². The summed E-state index contributed by atoms with van der Waals surface area (Å²) in [4.78, 5) is 51.2. The third kappa shape index (κ3) is 5.60. The number of ether oxygens (including phenoxy) is 1. The summed E-state index contributed by atoms with van der Waals surface area (Å²) in [5.74, 6) is -1.53. The van der Waals surface area contributed by atoms with Crippen LogP contribution in [0.2, 0.25) is 20.1 Å². The van der Waals surface area contributed by atoms with Crippen molar-refractivity contribution in [2.24, 2.45) is 0 Å². The highest BCUT2D eigenvalue weighted by atomic mass is 35.5. The standard InChI is InChI=1S/C39H17Cl4N9O5/c40-26-25-30(29(43)28(42)27(26)41)52-50-36-24-14-17(57-18-12-15(38(53)54)11-16(13-18)39(55)56)9-10-23(24)35(48-36)47-33-20-6-2-1-5-19(20)31(45-33)44-32-21-7-3-4-8-22(21)34(46-32)49-37(25)51-52/h1-14H,(H3,44,45,46,47,48,49,50,51,53,54,55,56)/p+1. The topological polar surface area (TPSA) is 197 Å². The summed E-state index contributed by atoms with van der Waals surface area (Å²) >= 11 is 26.9. The molecule has 0 saturated heterocycles. The van der Waals surface area contributed by atoms with Gasteiger partial charge < -0.3 is 24.9 Å². The van der Waals surface area contributed by atoms with Gasteiger partial charge in [-0.2, -0.15) is 0 Å². The van der Waals surface area contributed by atoms with E-state index >= 15 is 0 Å². The van der Waals surface area contributed by atoms with Crippen molar-refractivity contribution in [3.05, 3.63) is 116 Å². The number of aromatic carboxylic acids is 2. The molecule has 0 saturated carbocycles. The predicted octanol–water partition coefficient (Wildman–Crippen LogP) is 9.28. The largest absolute Gasteiger partial charge is 0.478 e. The van der Waals surface area contributed by atoms with Gasteiger partial charge in [-0.3, -0.25) is 0 Å². The number of hydrogen-bond donors (Lipinski definition) is 4. The summed E-state index contributed by atoms with van der Waals surface area (Å²) in [5.41, 5.74) is 2.92. The van der Waals surface area contributed by atoms with Crippen LogP contribution in [-0.4, -0.2) is 62.3 Å². The van der Waals surface area contributed by atoms with Gasteiger partial charge in [0.2, 0.25) is 11.5 Å². The molecule has 57 heavy (non-hydrogen) atoms. The lowest BCUT2D eigenvalue weighted by Gasteiger charge is -2.08. The lowest BCUT2D eigenvalue weighted by atomic mass is 10.1. The summed E-state index contributed by atoms with van der Waals surface area (Å²) in [6.07, 6.45) is 0. The molecule has 0 radical (unpaired) electrons. The van der Waals surface area contributed by atoms with E-state index in [0.717, 1.165) is 28.0 Å². The molecule has 5 aromatic carbocycles. The Hall–Kier alpha value is -6.71. The third-order valence-electron chi connectivity index (χ3n) is 9.37. The fourth-order valence-electron chi connectivity index (χ4n) is 6.79. The number of benzene rings is 5. The zero-order chi connectivity index (χ0) is 39.3. The minimum Gasteiger partial charge on any atom is -0.478 e. The van der Waals surface area contributed by atoms with E-state index in [9.17, 15) is 19.8 Å². The summed E-state index contributed by atoms with van der Waals surface area (Å²) in [7, 11) is 0. The first-order chi connectivity index (χ1) is 27.5. The Kier molecular flexibility index (Phi) is 7.88. The monoisotopic (exact) mass is 832 g/mol. The average Bonchev–Trinajstić information content (AvgIpc) is 3.94. The van der Waals surface area contributed by atoms with E-state index in [0.29, 0.717) is 39.4 Å². The molecule has 0 fully saturated rings. The second kappa shape index (κ2) is 12.9. The molecule has 8 aromatic rings. The maximum atomic E-state index is 11.8. The number of aromatic nitrogens is 9. The molecule has 0 aliphatic carbocycles. The summed E-state index contributed by atoms with van der Waals surface area (Å²) in [5, 5.41) is 31.5. The lowest BCUT2D eigenvalue weighted by molar-refractivity contribution is -0.711. The molecule has 0 atom stereocenters. The maximum absolute atomic E-state index is 11.8. The molecule has 3 aromatic heterocycles. The number of carbonyl (C=O) groups is 2. The molecule has 8 bridgehead atoms. The number of H-pyrrole nitrogens is 2. The fraction of sp³-hybridized carbons (Fsp3) is 0. The van der Waals surface area contributed by atoms with Crippen LogP contribution in [0.3, 0.4) is 0 Å². The van der Waals surface area contributed by atoms with Crippen molar-refractivity contribution in [2.45, 2.75) is 0 Å². The zero-order valence-electron chi connectivity index (χ0n) is 28.3. The Morgan fingerprint density at radius 3 is 1.70 bits per heavy atom. The molecule has 0 amide bonds. The van der Waals surface area contributed by atoms with Gasteiger partial charge >= 0.3 is 17.6 Å². The van der Waals surface area contributed by atoms with Crippen LogP contribution in [0, 0.1) is 0 Å². The molecule has 4 N–H and O–H groups in total. The van der Waals surface area contributed by atoms with E-state index in [4.69, 9.17) is 81.3 Å². The molecule has 2 aliphatic heterocycles. The molecule has 10 rings (SSSR count). The van der Waals surface area contributed by atoms with Crippen LogP contribution in [0.5, 0.6) is 11.5 Å². The Balaban J connectivity index is 1.31. The van der Waals surface area contributed by atoms with Gasteiger partial charge in [-0.15, -0.1) is 0 Å². The average molecular weight is 834 g/mol. The second-order valence-electron chi connectivity index (χ2n) is 12.8. The van der Waals surface area contributed by atoms with E-state index < -0.39 is 11.9 Å². The Morgan fingerprint density at radius 1 is 0.544 bits per heavy atom. The van der Waals surface area contributed by atoms with E-state index in [1.54, 1.807) is 18.2 Å². The zero-order valence-corrected chi connectivity index (χ0v) is 31.4. The number of nitrogens with one attached hydrogen (secondary N) is 2. The van der Waals surface area contributed by atoms with Crippen molar-refractivity contribution in [3.8, 4) is 51.3 Å². The SMILES string of the molecule is O=C(O)c1cc(Oc2ccc3c4nc5nc(nc6[nH]c(nc7n[n+](nc([nH]4)c3c2)-c2c(Cl)c(Cl)c(Cl)c(Cl)c2-7)c2ccccc62)-c2ccccc2-5)cc(C(=O)O)c1. The lowest BCUT2D eigenvalue weighted by Crippen LogP contribution is -2.36. The molecule has 276 valence electrons. The van der Waals surface area contributed by atoms with Crippen molar-refractivity contribution in [1.29, 1.82) is 0 Å². The summed E-state index contributed by atoms with van der Waals surface area (Å²) < 4.78 is 6.05. The van der Waals surface area contributed by atoms with Crippen LogP contribution in [0.4, 0.5) is 0 Å². The van der Waals surface area contributed by atoms with Crippen molar-refractivity contribution >= 4 is 102 Å². The first-order valence-corrected chi connectivity index (χ1v) is 18.3. The van der Waals surface area contributed by atoms with Gasteiger partial charge in [0.15, 0.2) is 11.6 Å². The van der Waals surface area contributed by atoms with Crippen LogP contribution >= 0.6 is 46.4 Å². The number of carboxylic acids is 2. The predicted molar refractivity (Wildman–Crippen MR) is 213 cm³/mol. The number of halogens is 4. The minimum atomic E-state index is -1.32. The van der Waals surface area contributed by atoms with Gasteiger partial charge in [-0.25, -0.2) is 29.5 Å². The van der Waals surface area contributed by atoms with Gasteiger partial charge in [0.25, 0.3) is 0 Å². The van der Waals surface area contributed by atoms with Gasteiger partial charge in [-0.1, -0.05) is 94.9 Å². The molecule has 5 heterocycles. The number of fused-ring (bicyclic) bond motifs is 20. The molecule has 2 aliphatic rings. The van der Waals surface area contributed by atoms with E-state index in [1.165, 1.54) is 16.9 Å². The molecular weight excluding hydrogens is 816 g/mol. The van der Waals surface area contributed by atoms with Crippen LogP contribution in [0.1, 0.15) is 20.7 Å². The fourth-order valence-corrected chi connectivity index (χ4v) is 7.80. The summed E-state index contributed by atoms with van der Waals surface area (Å²) in [6, 6.07) is 23.6. The first-order valence-electron chi connectivity index (χ1n) is 16.8. The number of nitrogens with zero attached hydrogens (tertiary/aromatic N) is 7. The van der Waals surface area contributed by atoms with E-state index in [1.807, 2.05) is 48.5 Å². The molecule has 14 nitrogen and oxygen atoms in total. The van der Waals surface area contributed by atoms with E-state index in [2.05, 4.69) is 9.97 Å². The molecular formula is C39H18Cl4N9O5+. The smallest absolute Gasteiger partial charge is 0.335 e. The number of hydrogen-bond acceptors (Lipinski definition) is 9. The maximum Gasteiger partial charge on any atom is 0.335 e. The quantitative estimate of drug-likeness (QED) is 0.0749. The molecule has 0 unspecified atom stereocenters. The highest BCUT2D eigenvalue weighted by molar-refractivity contribution is 6.53. The van der Waals surface area contributed by atoms with Gasteiger partial charge in [0, 0.05) is 32.7 Å². The Bertz CT molecular complexity index is 3280. The third-order valence-corrected chi connectivity index (χ3v) is 11.2. The second-order valence-corrected chi connectivity index (χ2v) is 14.3. The van der Waals surface area contributed by atoms with Gasteiger partial charge in [-0.05, 0) is 36.4 Å². The van der Waals surface area contributed by atoms with Crippen LogP contribution in [0.25, 0.3) is 84.0 Å². The molecule has 0 spiro atoms. The number of aromatic amines is 2. The van der Waals surface area contributed by atoms with Crippen LogP contribution < -0.4 is 9.53 Å². The minimum absolute atomic E-state index is 0.000655. The molecule has 18 heteroatoms. The highest BCUT2D eigenvalue weighted by Crippen LogP contribution is 2.46. The van der Waals surface area contributed by atoms with Gasteiger partial charge in [0.1, 0.15) is 39.0 Å². The highest BCUT2D eigenvalue weighted by Gasteiger charge is 2.38.